The molecule has 164 valence electrons. The molecule has 6 nitrogen and oxygen atoms in total. The molecule has 1 saturated heterocycles. The van der Waals surface area contributed by atoms with Gasteiger partial charge in [0.15, 0.2) is 5.82 Å². The van der Waals surface area contributed by atoms with Crippen molar-refractivity contribution in [2.45, 2.75) is 46.0 Å². The van der Waals surface area contributed by atoms with E-state index in [0.29, 0.717) is 24.8 Å². The number of carbonyl (C=O) groups excluding carboxylic acids is 1. The Bertz CT molecular complexity index is 966. The summed E-state index contributed by atoms with van der Waals surface area (Å²) in [5.74, 6) is 2.78. The van der Waals surface area contributed by atoms with Gasteiger partial charge in [-0.3, -0.25) is 5.32 Å². The van der Waals surface area contributed by atoms with Crippen molar-refractivity contribution in [3.05, 3.63) is 58.9 Å². The fourth-order valence-corrected chi connectivity index (χ4v) is 4.01. The van der Waals surface area contributed by atoms with Gasteiger partial charge in [0.1, 0.15) is 11.5 Å². The van der Waals surface area contributed by atoms with E-state index in [1.807, 2.05) is 30.9 Å². The minimum absolute atomic E-state index is 0.122. The summed E-state index contributed by atoms with van der Waals surface area (Å²) < 4.78 is 11.2. The summed E-state index contributed by atoms with van der Waals surface area (Å²) in [6, 6.07) is 8.18. The van der Waals surface area contributed by atoms with Crippen LogP contribution < -0.4 is 10.1 Å². The molecule has 1 fully saturated rings. The molecule has 31 heavy (non-hydrogen) atoms. The second kappa shape index (κ2) is 9.86. The van der Waals surface area contributed by atoms with Crippen LogP contribution in [-0.2, 0) is 0 Å². The van der Waals surface area contributed by atoms with Crippen molar-refractivity contribution >= 4 is 17.9 Å². The predicted octanol–water partition coefficient (Wildman–Crippen LogP) is 5.74. The summed E-state index contributed by atoms with van der Waals surface area (Å²) in [5, 5.41) is 6.77. The lowest BCUT2D eigenvalue weighted by Gasteiger charge is -2.28. The average molecular weight is 422 g/mol. The van der Waals surface area contributed by atoms with E-state index in [2.05, 4.69) is 40.8 Å². The van der Waals surface area contributed by atoms with Gasteiger partial charge in [-0.2, -0.15) is 0 Å². The number of aryl methyl sites for hydroxylation is 1. The maximum Gasteiger partial charge on any atom is 0.323 e. The van der Waals surface area contributed by atoms with Crippen molar-refractivity contribution in [1.82, 2.24) is 10.1 Å². The van der Waals surface area contributed by atoms with Crippen molar-refractivity contribution in [2.24, 2.45) is 5.92 Å². The van der Waals surface area contributed by atoms with Gasteiger partial charge in [0, 0.05) is 18.7 Å². The Hall–Kier alpha value is -3.02. The smallest absolute Gasteiger partial charge is 0.323 e. The number of nitrogens with zero attached hydrogens (tertiary/aromatic N) is 2. The normalized spacial score (nSPS) is 18.7. The number of anilines is 1. The second-order valence-corrected chi connectivity index (χ2v) is 8.47. The van der Waals surface area contributed by atoms with Gasteiger partial charge in [0.25, 0.3) is 0 Å². The SMILES string of the molecule is Cc1onc(NC(=O)N2CCC(=Cc3cccc(OCC4CC=CCC4)c3)CC2)c1C. The van der Waals surface area contributed by atoms with Crippen molar-refractivity contribution < 1.29 is 14.1 Å². The van der Waals surface area contributed by atoms with E-state index in [0.717, 1.165) is 54.9 Å². The topological polar surface area (TPSA) is 67.6 Å². The molecule has 1 aromatic heterocycles. The predicted molar refractivity (Wildman–Crippen MR) is 122 cm³/mol. The number of benzene rings is 1. The Labute approximate surface area is 183 Å². The van der Waals surface area contributed by atoms with Gasteiger partial charge in [0.05, 0.1) is 6.61 Å². The first kappa shape index (κ1) is 21.2. The Morgan fingerprint density at radius 3 is 2.84 bits per heavy atom. The molecule has 2 heterocycles. The summed E-state index contributed by atoms with van der Waals surface area (Å²) in [5.41, 5.74) is 3.38. The van der Waals surface area contributed by atoms with E-state index in [1.54, 1.807) is 0 Å². The highest BCUT2D eigenvalue weighted by Crippen LogP contribution is 2.24. The first-order valence-corrected chi connectivity index (χ1v) is 11.1. The van der Waals surface area contributed by atoms with E-state index < -0.39 is 0 Å². The number of amides is 2. The van der Waals surface area contributed by atoms with Crippen LogP contribution in [0.3, 0.4) is 0 Å². The molecular formula is C25H31N3O3. The van der Waals surface area contributed by atoms with Gasteiger partial charge < -0.3 is 14.2 Å². The number of hydrogen-bond acceptors (Lipinski definition) is 4. The Morgan fingerprint density at radius 2 is 2.13 bits per heavy atom. The molecule has 2 amide bonds. The molecule has 2 aliphatic rings. The van der Waals surface area contributed by atoms with E-state index in [9.17, 15) is 4.79 Å². The average Bonchev–Trinajstić information content (AvgIpc) is 3.11. The molecule has 1 aliphatic heterocycles. The number of rotatable bonds is 5. The maximum absolute atomic E-state index is 12.5. The maximum atomic E-state index is 12.5. The molecule has 1 atom stereocenters. The van der Waals surface area contributed by atoms with Crippen LogP contribution in [0.5, 0.6) is 5.75 Å². The number of piperidine rings is 1. The zero-order valence-corrected chi connectivity index (χ0v) is 18.4. The van der Waals surface area contributed by atoms with Crippen molar-refractivity contribution in [2.75, 3.05) is 25.0 Å². The van der Waals surface area contributed by atoms with Gasteiger partial charge in [-0.25, -0.2) is 4.79 Å². The molecule has 1 N–H and O–H groups in total. The summed E-state index contributed by atoms with van der Waals surface area (Å²) in [6.07, 6.45) is 12.0. The second-order valence-electron chi connectivity index (χ2n) is 8.47. The zero-order valence-electron chi connectivity index (χ0n) is 18.4. The molecule has 4 rings (SSSR count). The zero-order chi connectivity index (χ0) is 21.6. The van der Waals surface area contributed by atoms with Gasteiger partial charge in [-0.05, 0) is 69.6 Å². The molecule has 0 saturated carbocycles. The molecule has 0 radical (unpaired) electrons. The number of nitrogens with one attached hydrogen (secondary N) is 1. The highest BCUT2D eigenvalue weighted by Gasteiger charge is 2.21. The Balaban J connectivity index is 1.29. The molecule has 0 bridgehead atoms. The van der Waals surface area contributed by atoms with Gasteiger partial charge in [-0.1, -0.05) is 41.1 Å². The molecule has 0 spiro atoms. The van der Waals surface area contributed by atoms with Crippen LogP contribution >= 0.6 is 0 Å². The lowest BCUT2D eigenvalue weighted by atomic mass is 9.95. The number of allylic oxidation sites excluding steroid dienone is 2. The summed E-state index contributed by atoms with van der Waals surface area (Å²) in [4.78, 5) is 14.4. The number of hydrogen-bond donors (Lipinski definition) is 1. The third-order valence-corrected chi connectivity index (χ3v) is 6.17. The first-order valence-electron chi connectivity index (χ1n) is 11.1. The Morgan fingerprint density at radius 1 is 1.29 bits per heavy atom. The summed E-state index contributed by atoms with van der Waals surface area (Å²) in [7, 11) is 0. The molecular weight excluding hydrogens is 390 g/mol. The number of urea groups is 1. The van der Waals surface area contributed by atoms with Crippen LogP contribution in [0.15, 0.2) is 46.5 Å². The highest BCUT2D eigenvalue weighted by molar-refractivity contribution is 5.89. The van der Waals surface area contributed by atoms with Gasteiger partial charge >= 0.3 is 6.03 Å². The minimum Gasteiger partial charge on any atom is -0.493 e. The lowest BCUT2D eigenvalue weighted by Crippen LogP contribution is -2.39. The largest absolute Gasteiger partial charge is 0.493 e. The number of carbonyl (C=O) groups is 1. The molecule has 1 aliphatic carbocycles. The van der Waals surface area contributed by atoms with E-state index in [-0.39, 0.29) is 6.03 Å². The number of aromatic nitrogens is 1. The van der Waals surface area contributed by atoms with E-state index in [1.165, 1.54) is 12.0 Å². The summed E-state index contributed by atoms with van der Waals surface area (Å²) in [6.45, 7) is 5.89. The molecule has 6 heteroatoms. The van der Waals surface area contributed by atoms with Gasteiger partial charge in [0.2, 0.25) is 0 Å². The first-order chi connectivity index (χ1) is 15.1. The Kier molecular flexibility index (Phi) is 6.75. The van der Waals surface area contributed by atoms with Crippen LogP contribution in [0.25, 0.3) is 6.08 Å². The number of likely N-dealkylation sites (tertiary alicyclic amines) is 1. The van der Waals surface area contributed by atoms with E-state index in [4.69, 9.17) is 9.26 Å². The quantitative estimate of drug-likeness (QED) is 0.625. The molecule has 1 unspecified atom stereocenters. The highest BCUT2D eigenvalue weighted by atomic mass is 16.5. The fraction of sp³-hybridized carbons (Fsp3) is 0.440. The van der Waals surface area contributed by atoms with Gasteiger partial charge in [-0.15, -0.1) is 0 Å². The van der Waals surface area contributed by atoms with Crippen LogP contribution in [0.1, 0.15) is 49.0 Å². The van der Waals surface area contributed by atoms with Crippen LogP contribution in [0.2, 0.25) is 0 Å². The lowest BCUT2D eigenvalue weighted by molar-refractivity contribution is 0.207. The minimum atomic E-state index is -0.122. The van der Waals surface area contributed by atoms with Crippen LogP contribution in [-0.4, -0.2) is 35.8 Å². The third kappa shape index (κ3) is 5.57. The summed E-state index contributed by atoms with van der Waals surface area (Å²) >= 11 is 0. The molecule has 2 aromatic rings. The van der Waals surface area contributed by atoms with E-state index >= 15 is 0 Å². The van der Waals surface area contributed by atoms with Crippen molar-refractivity contribution in [1.29, 1.82) is 0 Å². The van der Waals surface area contributed by atoms with Crippen molar-refractivity contribution in [3.63, 3.8) is 0 Å². The third-order valence-electron chi connectivity index (χ3n) is 6.17. The van der Waals surface area contributed by atoms with Crippen LogP contribution in [0.4, 0.5) is 10.6 Å². The molecule has 1 aromatic carbocycles. The fourth-order valence-electron chi connectivity index (χ4n) is 4.01. The van der Waals surface area contributed by atoms with Crippen molar-refractivity contribution in [3.8, 4) is 5.75 Å². The van der Waals surface area contributed by atoms with Crippen LogP contribution in [0, 0.1) is 19.8 Å². The number of ether oxygens (including phenoxy) is 1. The monoisotopic (exact) mass is 421 g/mol. The standard InChI is InChI=1S/C25H31N3O3/c1-18-19(2)31-27-24(18)26-25(29)28-13-11-20(12-14-28)15-22-9-6-10-23(16-22)30-17-21-7-4-3-5-8-21/h3-4,6,9-10,15-16,21H,5,7-8,11-14,17H2,1-2H3,(H,26,27,29).